The summed E-state index contributed by atoms with van der Waals surface area (Å²) in [4.78, 5) is 36.3. The van der Waals surface area contributed by atoms with Gasteiger partial charge in [0.1, 0.15) is 5.82 Å². The van der Waals surface area contributed by atoms with E-state index in [1.807, 2.05) is 0 Å². The number of hydrogen-bond donors (Lipinski definition) is 0. The SMILES string of the molecule is COc1c(/C=C2\SC(=O)N(Cc3ccccc3F)C2=O)cccc1[N+](=O)[O-]. The minimum atomic E-state index is -0.597. The van der Waals surface area contributed by atoms with Crippen molar-refractivity contribution in [2.45, 2.75) is 6.54 Å². The van der Waals surface area contributed by atoms with Gasteiger partial charge in [-0.25, -0.2) is 4.39 Å². The first kappa shape index (κ1) is 18.6. The maximum absolute atomic E-state index is 13.8. The van der Waals surface area contributed by atoms with Crippen LogP contribution in [0.15, 0.2) is 47.4 Å². The summed E-state index contributed by atoms with van der Waals surface area (Å²) in [6, 6.07) is 10.1. The molecule has 2 amide bonds. The number of methoxy groups -OCH3 is 1. The Morgan fingerprint density at radius 2 is 1.96 bits per heavy atom. The van der Waals surface area contributed by atoms with Crippen LogP contribution in [0.25, 0.3) is 6.08 Å². The van der Waals surface area contributed by atoms with Crippen LogP contribution in [-0.4, -0.2) is 28.1 Å². The van der Waals surface area contributed by atoms with Gasteiger partial charge in [-0.05, 0) is 23.9 Å². The highest BCUT2D eigenvalue weighted by Gasteiger charge is 2.35. The van der Waals surface area contributed by atoms with Gasteiger partial charge in [-0.15, -0.1) is 0 Å². The standard InChI is InChI=1S/C18H13FN2O5S/c1-26-16-11(6-4-8-14(16)21(24)25)9-15-17(22)20(18(23)27-15)10-12-5-2-3-7-13(12)19/h2-9H,10H2,1H3/b15-9-. The molecular weight excluding hydrogens is 375 g/mol. The van der Waals surface area contributed by atoms with Crippen molar-refractivity contribution < 1.29 is 23.6 Å². The lowest BCUT2D eigenvalue weighted by atomic mass is 10.1. The molecule has 0 atom stereocenters. The van der Waals surface area contributed by atoms with Crippen molar-refractivity contribution in [3.63, 3.8) is 0 Å². The Labute approximate surface area is 157 Å². The lowest BCUT2D eigenvalue weighted by Crippen LogP contribution is -2.27. The summed E-state index contributed by atoms with van der Waals surface area (Å²) in [6.07, 6.45) is 1.36. The van der Waals surface area contributed by atoms with Crippen molar-refractivity contribution in [2.24, 2.45) is 0 Å². The summed E-state index contributed by atoms with van der Waals surface area (Å²) in [5, 5.41) is 10.6. The predicted molar refractivity (Wildman–Crippen MR) is 97.6 cm³/mol. The zero-order valence-corrected chi connectivity index (χ0v) is 14.9. The van der Waals surface area contributed by atoms with Crippen LogP contribution < -0.4 is 4.74 Å². The van der Waals surface area contributed by atoms with Crippen LogP contribution in [-0.2, 0) is 11.3 Å². The third kappa shape index (κ3) is 3.68. The summed E-state index contributed by atoms with van der Waals surface area (Å²) in [7, 11) is 1.28. The number of carbonyl (C=O) groups is 2. The first-order chi connectivity index (χ1) is 12.9. The van der Waals surface area contributed by atoms with Gasteiger partial charge in [-0.2, -0.15) is 0 Å². The molecule has 1 heterocycles. The molecule has 138 valence electrons. The summed E-state index contributed by atoms with van der Waals surface area (Å²) < 4.78 is 18.9. The maximum atomic E-state index is 13.8. The zero-order chi connectivity index (χ0) is 19.6. The van der Waals surface area contributed by atoms with Crippen molar-refractivity contribution >= 4 is 34.7 Å². The van der Waals surface area contributed by atoms with Crippen LogP contribution in [0.1, 0.15) is 11.1 Å². The Hall–Kier alpha value is -3.20. The van der Waals surface area contributed by atoms with Crippen LogP contribution >= 0.6 is 11.8 Å². The second-order valence-electron chi connectivity index (χ2n) is 5.52. The van der Waals surface area contributed by atoms with Gasteiger partial charge in [-0.3, -0.25) is 24.6 Å². The van der Waals surface area contributed by atoms with Crippen LogP contribution in [0.3, 0.4) is 0 Å². The molecule has 0 spiro atoms. The van der Waals surface area contributed by atoms with Crippen LogP contribution in [0.2, 0.25) is 0 Å². The second kappa shape index (κ2) is 7.58. The second-order valence-corrected chi connectivity index (χ2v) is 6.51. The van der Waals surface area contributed by atoms with E-state index in [9.17, 15) is 24.1 Å². The molecule has 3 rings (SSSR count). The molecule has 1 saturated heterocycles. The van der Waals surface area contributed by atoms with Gasteiger partial charge in [0.2, 0.25) is 5.75 Å². The van der Waals surface area contributed by atoms with Gasteiger partial charge in [0.25, 0.3) is 11.1 Å². The number of para-hydroxylation sites is 1. The molecule has 0 unspecified atom stereocenters. The van der Waals surface area contributed by atoms with Gasteiger partial charge in [0.05, 0.1) is 23.5 Å². The number of carbonyl (C=O) groups excluding carboxylic acids is 2. The van der Waals surface area contributed by atoms with E-state index in [0.717, 1.165) is 4.90 Å². The van der Waals surface area contributed by atoms with Crippen molar-refractivity contribution in [1.29, 1.82) is 0 Å². The Morgan fingerprint density at radius 3 is 2.63 bits per heavy atom. The van der Waals surface area contributed by atoms with Crippen molar-refractivity contribution in [2.75, 3.05) is 7.11 Å². The third-order valence-electron chi connectivity index (χ3n) is 3.87. The Bertz CT molecular complexity index is 976. The lowest BCUT2D eigenvalue weighted by Gasteiger charge is -2.12. The highest BCUT2D eigenvalue weighted by molar-refractivity contribution is 8.18. The molecule has 0 saturated carbocycles. The topological polar surface area (TPSA) is 89.8 Å². The molecule has 0 radical (unpaired) electrons. The predicted octanol–water partition coefficient (Wildman–Crippen LogP) is 3.98. The molecule has 1 fully saturated rings. The number of rotatable bonds is 5. The monoisotopic (exact) mass is 388 g/mol. The summed E-state index contributed by atoms with van der Waals surface area (Å²) >= 11 is 0.686. The molecule has 1 aliphatic heterocycles. The fourth-order valence-electron chi connectivity index (χ4n) is 2.60. The highest BCUT2D eigenvalue weighted by Crippen LogP contribution is 2.37. The zero-order valence-electron chi connectivity index (χ0n) is 14.0. The Morgan fingerprint density at radius 1 is 1.22 bits per heavy atom. The lowest BCUT2D eigenvalue weighted by molar-refractivity contribution is -0.385. The van der Waals surface area contributed by atoms with E-state index in [0.29, 0.717) is 17.3 Å². The average molecular weight is 388 g/mol. The van der Waals surface area contributed by atoms with Gasteiger partial charge in [-0.1, -0.05) is 30.3 Å². The number of nitro benzene ring substituents is 1. The number of benzene rings is 2. The van der Waals surface area contributed by atoms with Crippen molar-refractivity contribution in [1.82, 2.24) is 4.90 Å². The molecular formula is C18H13FN2O5S. The number of nitrogens with zero attached hydrogens (tertiary/aromatic N) is 2. The van der Waals surface area contributed by atoms with E-state index in [4.69, 9.17) is 4.74 Å². The maximum Gasteiger partial charge on any atom is 0.311 e. The van der Waals surface area contributed by atoms with Gasteiger partial charge in [0, 0.05) is 17.2 Å². The number of amides is 2. The summed E-state index contributed by atoms with van der Waals surface area (Å²) in [5.41, 5.74) is 0.258. The van der Waals surface area contributed by atoms with Crippen molar-refractivity contribution in [3.05, 3.63) is 74.4 Å². The molecule has 9 heteroatoms. The highest BCUT2D eigenvalue weighted by atomic mass is 32.2. The Kier molecular flexibility index (Phi) is 5.22. The minimum Gasteiger partial charge on any atom is -0.490 e. The van der Waals surface area contributed by atoms with E-state index >= 15 is 0 Å². The molecule has 27 heavy (non-hydrogen) atoms. The smallest absolute Gasteiger partial charge is 0.311 e. The first-order valence-corrected chi connectivity index (χ1v) is 8.54. The molecule has 0 bridgehead atoms. The fraction of sp³-hybridized carbons (Fsp3) is 0.111. The van der Waals surface area contributed by atoms with Crippen molar-refractivity contribution in [3.8, 4) is 5.75 Å². The number of halogens is 1. The van der Waals surface area contributed by atoms with E-state index in [2.05, 4.69) is 0 Å². The van der Waals surface area contributed by atoms with E-state index in [1.54, 1.807) is 6.07 Å². The molecule has 1 aliphatic rings. The molecule has 2 aromatic carbocycles. The number of imide groups is 1. The van der Waals surface area contributed by atoms with Crippen LogP contribution in [0, 0.1) is 15.9 Å². The van der Waals surface area contributed by atoms with E-state index in [1.165, 1.54) is 49.6 Å². The van der Waals surface area contributed by atoms with Gasteiger partial charge in [0.15, 0.2) is 0 Å². The largest absolute Gasteiger partial charge is 0.490 e. The molecule has 7 nitrogen and oxygen atoms in total. The molecule has 2 aromatic rings. The van der Waals surface area contributed by atoms with Gasteiger partial charge >= 0.3 is 5.69 Å². The normalized spacial score (nSPS) is 15.5. The number of nitro groups is 1. The number of ether oxygens (including phenoxy) is 1. The fourth-order valence-corrected chi connectivity index (χ4v) is 3.43. The van der Waals surface area contributed by atoms with Crippen LogP contribution in [0.4, 0.5) is 14.9 Å². The summed E-state index contributed by atoms with van der Waals surface area (Å²) in [6.45, 7) is -0.194. The van der Waals surface area contributed by atoms with E-state index in [-0.39, 0.29) is 28.5 Å². The number of thioether (sulfide) groups is 1. The number of hydrogen-bond acceptors (Lipinski definition) is 6. The summed E-state index contributed by atoms with van der Waals surface area (Å²) in [5.74, 6) is -1.12. The molecule has 0 aromatic heterocycles. The Balaban J connectivity index is 1.92. The van der Waals surface area contributed by atoms with Crippen LogP contribution in [0.5, 0.6) is 5.75 Å². The quantitative estimate of drug-likeness (QED) is 0.437. The molecule has 0 N–H and O–H groups in total. The van der Waals surface area contributed by atoms with E-state index < -0.39 is 21.9 Å². The minimum absolute atomic E-state index is 0.0107. The first-order valence-electron chi connectivity index (χ1n) is 7.72. The average Bonchev–Trinajstić information content (AvgIpc) is 2.90. The third-order valence-corrected chi connectivity index (χ3v) is 4.78. The van der Waals surface area contributed by atoms with Gasteiger partial charge < -0.3 is 4.74 Å². The molecule has 0 aliphatic carbocycles.